The van der Waals surface area contributed by atoms with Crippen LogP contribution in [0.15, 0.2) is 51.8 Å². The lowest BCUT2D eigenvalue weighted by atomic mass is 9.85. The molecule has 35 heavy (non-hydrogen) atoms. The molecule has 2 unspecified atom stereocenters. The molecule has 2 heterocycles. The fourth-order valence-electron chi connectivity index (χ4n) is 5.15. The van der Waals surface area contributed by atoms with Gasteiger partial charge in [0.25, 0.3) is 11.5 Å². The molecule has 8 nitrogen and oxygen atoms in total. The number of benzene rings is 2. The summed E-state index contributed by atoms with van der Waals surface area (Å²) >= 11 is 6.53. The molecule has 2 atom stereocenters. The SMILES string of the molecule is Cc1onc2c1c(=O)n(C1CCCC(CNC(=O)c3cccc(C(=O)O)c3)C1)c1cccc(Cl)c21. The van der Waals surface area contributed by atoms with Crippen LogP contribution >= 0.6 is 11.6 Å². The Morgan fingerprint density at radius 2 is 1.94 bits per heavy atom. The molecule has 9 heteroatoms. The molecular formula is C26H24ClN3O5. The first-order valence-corrected chi connectivity index (χ1v) is 11.9. The van der Waals surface area contributed by atoms with Crippen molar-refractivity contribution in [3.63, 3.8) is 0 Å². The van der Waals surface area contributed by atoms with Gasteiger partial charge in [0.05, 0.1) is 16.1 Å². The van der Waals surface area contributed by atoms with Gasteiger partial charge in [-0.3, -0.25) is 9.59 Å². The molecule has 1 aliphatic carbocycles. The van der Waals surface area contributed by atoms with Crippen molar-refractivity contribution >= 4 is 45.3 Å². The number of carbonyl (C=O) groups is 2. The highest BCUT2D eigenvalue weighted by molar-refractivity contribution is 6.37. The minimum absolute atomic E-state index is 0.0619. The number of hydrogen-bond donors (Lipinski definition) is 2. The van der Waals surface area contributed by atoms with E-state index >= 15 is 0 Å². The lowest BCUT2D eigenvalue weighted by molar-refractivity contribution is 0.0697. The Morgan fingerprint density at radius 3 is 2.74 bits per heavy atom. The van der Waals surface area contributed by atoms with Crippen LogP contribution in [0.2, 0.25) is 5.02 Å². The fourth-order valence-corrected chi connectivity index (χ4v) is 5.41. The first kappa shape index (κ1) is 23.1. The largest absolute Gasteiger partial charge is 0.478 e. The lowest BCUT2D eigenvalue weighted by Crippen LogP contribution is -2.34. The zero-order valence-electron chi connectivity index (χ0n) is 19.1. The van der Waals surface area contributed by atoms with E-state index in [1.54, 1.807) is 25.1 Å². The quantitative estimate of drug-likeness (QED) is 0.406. The molecule has 2 aromatic carbocycles. The van der Waals surface area contributed by atoms with Crippen molar-refractivity contribution in [3.8, 4) is 0 Å². The highest BCUT2D eigenvalue weighted by atomic mass is 35.5. The molecule has 4 aromatic rings. The highest BCUT2D eigenvalue weighted by Crippen LogP contribution is 2.36. The number of nitrogens with one attached hydrogen (secondary N) is 1. The lowest BCUT2D eigenvalue weighted by Gasteiger charge is -2.31. The third-order valence-electron chi connectivity index (χ3n) is 6.83. The smallest absolute Gasteiger partial charge is 0.335 e. The molecule has 1 saturated carbocycles. The van der Waals surface area contributed by atoms with Gasteiger partial charge in [0.15, 0.2) is 0 Å². The third-order valence-corrected chi connectivity index (χ3v) is 7.14. The first-order chi connectivity index (χ1) is 16.8. The summed E-state index contributed by atoms with van der Waals surface area (Å²) in [5.41, 5.74) is 1.44. The third kappa shape index (κ3) is 4.18. The summed E-state index contributed by atoms with van der Waals surface area (Å²) in [5, 5.41) is 17.9. The Bertz CT molecular complexity index is 1520. The zero-order valence-corrected chi connectivity index (χ0v) is 19.8. The number of halogens is 1. The van der Waals surface area contributed by atoms with Crippen LogP contribution in [-0.2, 0) is 0 Å². The number of fused-ring (bicyclic) bond motifs is 3. The summed E-state index contributed by atoms with van der Waals surface area (Å²) in [4.78, 5) is 37.4. The summed E-state index contributed by atoms with van der Waals surface area (Å²) in [6.07, 6.45) is 3.39. The predicted octanol–water partition coefficient (Wildman–Crippen LogP) is 4.96. The van der Waals surface area contributed by atoms with Crippen LogP contribution in [0.1, 0.15) is 58.2 Å². The standard InChI is InChI=1S/C26H24ClN3O5/c1-14-21-23(29-35-14)22-19(27)9-4-10-20(22)30(25(21)32)18-8-2-5-15(11-18)13-28-24(31)16-6-3-7-17(12-16)26(33)34/h3-4,6-7,9-10,12,15,18H,2,5,8,11,13H2,1H3,(H,28,31)(H,33,34). The number of pyridine rings is 1. The van der Waals surface area contributed by atoms with Gasteiger partial charge in [-0.25, -0.2) is 4.79 Å². The zero-order chi connectivity index (χ0) is 24.7. The molecule has 5 rings (SSSR count). The molecule has 180 valence electrons. The van der Waals surface area contributed by atoms with Crippen molar-refractivity contribution < 1.29 is 19.2 Å². The number of hydrogen-bond acceptors (Lipinski definition) is 5. The van der Waals surface area contributed by atoms with Crippen molar-refractivity contribution in [3.05, 3.63) is 74.7 Å². The number of rotatable bonds is 5. The van der Waals surface area contributed by atoms with E-state index < -0.39 is 5.97 Å². The Labute approximate surface area is 205 Å². The summed E-state index contributed by atoms with van der Waals surface area (Å²) in [5.74, 6) is -0.761. The second-order valence-electron chi connectivity index (χ2n) is 9.05. The number of nitrogens with zero attached hydrogens (tertiary/aromatic N) is 2. The van der Waals surface area contributed by atoms with Gasteiger partial charge in [0, 0.05) is 23.5 Å². The van der Waals surface area contributed by atoms with Gasteiger partial charge in [-0.2, -0.15) is 0 Å². The van der Waals surface area contributed by atoms with Gasteiger partial charge >= 0.3 is 5.97 Å². The Morgan fingerprint density at radius 1 is 1.17 bits per heavy atom. The van der Waals surface area contributed by atoms with Crippen molar-refractivity contribution in [1.82, 2.24) is 15.0 Å². The second kappa shape index (κ2) is 9.19. The summed E-state index contributed by atoms with van der Waals surface area (Å²) in [6.45, 7) is 2.16. The summed E-state index contributed by atoms with van der Waals surface area (Å²) < 4.78 is 7.16. The average Bonchev–Trinajstić information content (AvgIpc) is 3.24. The molecule has 2 aromatic heterocycles. The molecule has 1 aliphatic rings. The van der Waals surface area contributed by atoms with E-state index in [2.05, 4.69) is 10.5 Å². The van der Waals surface area contributed by atoms with Gasteiger partial charge in [-0.05, 0) is 62.4 Å². The maximum atomic E-state index is 13.6. The first-order valence-electron chi connectivity index (χ1n) is 11.6. The van der Waals surface area contributed by atoms with Gasteiger partial charge in [-0.15, -0.1) is 0 Å². The van der Waals surface area contributed by atoms with Gasteiger partial charge in [0.1, 0.15) is 16.7 Å². The normalized spacial score (nSPS) is 18.1. The monoisotopic (exact) mass is 493 g/mol. The number of carboxylic acids is 1. The number of carboxylic acid groups (broad SMARTS) is 1. The fraction of sp³-hybridized carbons (Fsp3) is 0.308. The van der Waals surface area contributed by atoms with E-state index in [0.29, 0.717) is 45.6 Å². The minimum atomic E-state index is -1.08. The average molecular weight is 494 g/mol. The van der Waals surface area contributed by atoms with Crippen molar-refractivity contribution in [1.29, 1.82) is 0 Å². The Kier molecular flexibility index (Phi) is 6.06. The number of amides is 1. The van der Waals surface area contributed by atoms with Crippen LogP contribution in [0.25, 0.3) is 21.8 Å². The van der Waals surface area contributed by atoms with Crippen LogP contribution in [0.5, 0.6) is 0 Å². The number of aromatic carboxylic acids is 1. The molecule has 0 aliphatic heterocycles. The molecule has 1 amide bonds. The summed E-state index contributed by atoms with van der Waals surface area (Å²) in [7, 11) is 0. The van der Waals surface area contributed by atoms with Crippen LogP contribution in [0.4, 0.5) is 0 Å². The van der Waals surface area contributed by atoms with Crippen LogP contribution in [-0.4, -0.2) is 33.3 Å². The minimum Gasteiger partial charge on any atom is -0.478 e. The van der Waals surface area contributed by atoms with E-state index in [-0.39, 0.29) is 29.0 Å². The molecule has 0 saturated heterocycles. The van der Waals surface area contributed by atoms with E-state index in [4.69, 9.17) is 21.2 Å². The molecule has 2 N–H and O–H groups in total. The van der Waals surface area contributed by atoms with E-state index in [1.165, 1.54) is 12.1 Å². The molecule has 0 radical (unpaired) electrons. The van der Waals surface area contributed by atoms with Gasteiger partial charge < -0.3 is 19.5 Å². The topological polar surface area (TPSA) is 114 Å². The second-order valence-corrected chi connectivity index (χ2v) is 9.46. The maximum absolute atomic E-state index is 13.6. The van der Waals surface area contributed by atoms with Crippen LogP contribution < -0.4 is 10.9 Å². The van der Waals surface area contributed by atoms with Crippen molar-refractivity contribution in [2.24, 2.45) is 5.92 Å². The Balaban J connectivity index is 1.41. The van der Waals surface area contributed by atoms with Crippen LogP contribution in [0, 0.1) is 12.8 Å². The van der Waals surface area contributed by atoms with Crippen LogP contribution in [0.3, 0.4) is 0 Å². The van der Waals surface area contributed by atoms with Gasteiger partial charge in [-0.1, -0.05) is 35.3 Å². The van der Waals surface area contributed by atoms with E-state index in [9.17, 15) is 14.4 Å². The van der Waals surface area contributed by atoms with Crippen molar-refractivity contribution in [2.45, 2.75) is 38.6 Å². The molecule has 0 spiro atoms. The number of aryl methyl sites for hydroxylation is 1. The number of carbonyl (C=O) groups excluding carboxylic acids is 1. The van der Waals surface area contributed by atoms with Crippen molar-refractivity contribution in [2.75, 3.05) is 6.54 Å². The molecular weight excluding hydrogens is 470 g/mol. The molecule has 0 bridgehead atoms. The van der Waals surface area contributed by atoms with Gasteiger partial charge in [0.2, 0.25) is 0 Å². The molecule has 1 fully saturated rings. The maximum Gasteiger partial charge on any atom is 0.335 e. The van der Waals surface area contributed by atoms with E-state index in [0.717, 1.165) is 24.8 Å². The predicted molar refractivity (Wildman–Crippen MR) is 132 cm³/mol. The number of aromatic nitrogens is 2. The highest BCUT2D eigenvalue weighted by Gasteiger charge is 2.28. The van der Waals surface area contributed by atoms with E-state index in [1.807, 2.05) is 16.7 Å². The summed E-state index contributed by atoms with van der Waals surface area (Å²) in [6, 6.07) is 11.4. The Hall–Kier alpha value is -3.65.